The van der Waals surface area contributed by atoms with Gasteiger partial charge in [-0.3, -0.25) is 14.5 Å². The maximum absolute atomic E-state index is 13.8. The van der Waals surface area contributed by atoms with Gasteiger partial charge in [0.2, 0.25) is 0 Å². The first-order chi connectivity index (χ1) is 15.4. The summed E-state index contributed by atoms with van der Waals surface area (Å²) in [5.74, 6) is -0.754. The van der Waals surface area contributed by atoms with Gasteiger partial charge in [0.25, 0.3) is 0 Å². The Hall–Kier alpha value is -2.80. The highest BCUT2D eigenvalue weighted by atomic mass is 32.2. The van der Waals surface area contributed by atoms with Crippen molar-refractivity contribution in [3.05, 3.63) is 71.8 Å². The van der Waals surface area contributed by atoms with Gasteiger partial charge in [-0.05, 0) is 30.4 Å². The average Bonchev–Trinajstić information content (AvgIpc) is 3.30. The Morgan fingerprint density at radius 2 is 1.78 bits per heavy atom. The third kappa shape index (κ3) is 3.90. The van der Waals surface area contributed by atoms with Gasteiger partial charge in [0.15, 0.2) is 10.7 Å². The quantitative estimate of drug-likeness (QED) is 0.599. The number of carbonyl (C=O) groups excluding carboxylic acids is 2. The molecule has 168 valence electrons. The zero-order chi connectivity index (χ0) is 22.8. The average molecular weight is 453 g/mol. The molecule has 2 heterocycles. The molecule has 2 aromatic carbocycles. The predicted octanol–water partition coefficient (Wildman–Crippen LogP) is 4.05. The smallest absolute Gasteiger partial charge is 0.319 e. The van der Waals surface area contributed by atoms with Crippen LogP contribution in [0.25, 0.3) is 0 Å². The number of ketones is 1. The van der Waals surface area contributed by atoms with Crippen molar-refractivity contribution in [2.24, 2.45) is 5.92 Å². The van der Waals surface area contributed by atoms with Gasteiger partial charge < -0.3 is 10.4 Å². The number of Topliss-reactive ketones (excluding diaryl/α,β-unsaturated/α-hetero) is 1. The van der Waals surface area contributed by atoms with Crippen LogP contribution in [-0.2, 0) is 20.9 Å². The van der Waals surface area contributed by atoms with Crippen LogP contribution in [0.4, 0.5) is 4.79 Å². The van der Waals surface area contributed by atoms with Crippen LogP contribution in [0.15, 0.2) is 60.7 Å². The minimum absolute atomic E-state index is 0.0433. The van der Waals surface area contributed by atoms with E-state index in [2.05, 4.69) is 17.4 Å². The fourth-order valence-corrected chi connectivity index (χ4v) is 6.56. The lowest BCUT2D eigenvalue weighted by molar-refractivity contribution is -0.141. The lowest BCUT2D eigenvalue weighted by Crippen LogP contribution is -2.56. The first-order valence-corrected chi connectivity index (χ1v) is 12.0. The lowest BCUT2D eigenvalue weighted by Gasteiger charge is -2.40. The van der Waals surface area contributed by atoms with Gasteiger partial charge in [-0.2, -0.15) is 0 Å². The summed E-state index contributed by atoms with van der Waals surface area (Å²) in [6.07, 6.45) is 1.79. The van der Waals surface area contributed by atoms with Gasteiger partial charge >= 0.3 is 12.0 Å². The van der Waals surface area contributed by atoms with E-state index in [0.29, 0.717) is 31.6 Å². The van der Waals surface area contributed by atoms with Gasteiger partial charge in [-0.25, -0.2) is 4.79 Å². The Kier molecular flexibility index (Phi) is 6.29. The third-order valence-electron chi connectivity index (χ3n) is 6.49. The van der Waals surface area contributed by atoms with Crippen molar-refractivity contribution in [3.8, 4) is 0 Å². The molecule has 6 nitrogen and oxygen atoms in total. The van der Waals surface area contributed by atoms with Crippen LogP contribution in [0.1, 0.15) is 37.3 Å². The normalized spacial score (nSPS) is 25.3. The number of benzene rings is 2. The van der Waals surface area contributed by atoms with E-state index in [4.69, 9.17) is 5.11 Å². The summed E-state index contributed by atoms with van der Waals surface area (Å²) in [4.78, 5) is 38.9. The number of carboxylic acids is 1. The number of fused-ring (bicyclic) bond motifs is 1. The Balaban J connectivity index is 1.68. The van der Waals surface area contributed by atoms with Crippen LogP contribution in [0, 0.1) is 5.92 Å². The van der Waals surface area contributed by atoms with Crippen LogP contribution < -0.4 is 5.32 Å². The summed E-state index contributed by atoms with van der Waals surface area (Å²) in [6, 6.07) is 19.3. The molecule has 32 heavy (non-hydrogen) atoms. The summed E-state index contributed by atoms with van der Waals surface area (Å²) in [6.45, 7) is 2.15. The predicted molar refractivity (Wildman–Crippen MR) is 124 cm³/mol. The Morgan fingerprint density at radius 3 is 2.44 bits per heavy atom. The number of urea groups is 1. The second-order valence-electron chi connectivity index (χ2n) is 8.73. The number of amides is 2. The minimum Gasteiger partial charge on any atom is -0.481 e. The highest BCUT2D eigenvalue weighted by Gasteiger charge is 2.64. The van der Waals surface area contributed by atoms with Gasteiger partial charge in [0.1, 0.15) is 0 Å². The zero-order valence-electron chi connectivity index (χ0n) is 18.1. The van der Waals surface area contributed by atoms with Gasteiger partial charge in [-0.15, -0.1) is 11.8 Å². The first-order valence-electron chi connectivity index (χ1n) is 11.0. The molecule has 2 aliphatic heterocycles. The van der Waals surface area contributed by atoms with Crippen molar-refractivity contribution in [2.45, 2.75) is 43.0 Å². The molecule has 0 radical (unpaired) electrons. The largest absolute Gasteiger partial charge is 0.481 e. The van der Waals surface area contributed by atoms with Crippen molar-refractivity contribution in [1.82, 2.24) is 10.2 Å². The molecule has 2 N–H and O–H groups in total. The number of nitrogens with one attached hydrogen (secondary N) is 1. The van der Waals surface area contributed by atoms with Crippen LogP contribution in [0.3, 0.4) is 0 Å². The second-order valence-corrected chi connectivity index (χ2v) is 9.90. The molecule has 2 aromatic rings. The Bertz CT molecular complexity index is 1000. The van der Waals surface area contributed by atoms with Crippen LogP contribution in [0.2, 0.25) is 0 Å². The molecular weight excluding hydrogens is 424 g/mol. The summed E-state index contributed by atoms with van der Waals surface area (Å²) in [5.41, 5.74) is 1.43. The molecule has 2 saturated heterocycles. The molecule has 2 aliphatic rings. The highest BCUT2D eigenvalue weighted by Crippen LogP contribution is 2.55. The molecule has 4 rings (SSSR count). The van der Waals surface area contributed by atoms with E-state index in [1.807, 2.05) is 48.5 Å². The lowest BCUT2D eigenvalue weighted by atomic mass is 9.87. The fourth-order valence-electron chi connectivity index (χ4n) is 4.78. The van der Waals surface area contributed by atoms with E-state index in [9.17, 15) is 14.4 Å². The van der Waals surface area contributed by atoms with E-state index < -0.39 is 22.3 Å². The number of thioether (sulfide) groups is 1. The monoisotopic (exact) mass is 452 g/mol. The van der Waals surface area contributed by atoms with Gasteiger partial charge in [-0.1, -0.05) is 67.6 Å². The number of aliphatic carboxylic acids is 1. The van der Waals surface area contributed by atoms with E-state index in [0.717, 1.165) is 11.1 Å². The standard InChI is InChI=1S/C25H28N2O4S/c1-18(22(29)30)9-8-14-21(28)25(20-12-6-3-7-13-20)27-23(31)26-16-24(27,17-32-25)15-19-10-4-2-5-11-19/h2-7,10-13,18H,8-9,14-17H2,1H3,(H,26,31)(H,29,30)/t18?,24-,25+/m1/s1. The number of hydrogen-bond acceptors (Lipinski definition) is 4. The Morgan fingerprint density at radius 1 is 1.12 bits per heavy atom. The number of rotatable bonds is 9. The first kappa shape index (κ1) is 22.4. The van der Waals surface area contributed by atoms with Crippen molar-refractivity contribution in [3.63, 3.8) is 0 Å². The molecule has 0 saturated carbocycles. The molecule has 0 bridgehead atoms. The minimum atomic E-state index is -1.11. The van der Waals surface area contributed by atoms with Crippen molar-refractivity contribution < 1.29 is 19.5 Å². The van der Waals surface area contributed by atoms with Crippen molar-refractivity contribution in [1.29, 1.82) is 0 Å². The molecule has 2 amide bonds. The topological polar surface area (TPSA) is 86.7 Å². The third-order valence-corrected chi connectivity index (χ3v) is 8.24. The number of carboxylic acid groups (broad SMARTS) is 1. The van der Waals surface area contributed by atoms with Gasteiger partial charge in [0, 0.05) is 18.7 Å². The Labute approximate surface area is 192 Å². The van der Waals surface area contributed by atoms with Crippen molar-refractivity contribution >= 4 is 29.5 Å². The maximum atomic E-state index is 13.8. The molecule has 0 aliphatic carbocycles. The molecule has 0 spiro atoms. The van der Waals surface area contributed by atoms with Gasteiger partial charge in [0.05, 0.1) is 11.5 Å². The van der Waals surface area contributed by atoms with E-state index in [-0.39, 0.29) is 18.2 Å². The summed E-state index contributed by atoms with van der Waals surface area (Å²) >= 11 is 1.53. The van der Waals surface area contributed by atoms with Crippen molar-refractivity contribution in [2.75, 3.05) is 12.3 Å². The number of hydrogen-bond donors (Lipinski definition) is 2. The SMILES string of the molecule is CC(CCCC(=O)[C@]1(c2ccccc2)SC[C@@]2(Cc3ccccc3)CNC(=O)N21)C(=O)O. The molecular formula is C25H28N2O4S. The van der Waals surface area contributed by atoms with E-state index in [1.165, 1.54) is 11.8 Å². The summed E-state index contributed by atoms with van der Waals surface area (Å²) < 4.78 is 0. The highest BCUT2D eigenvalue weighted by molar-refractivity contribution is 8.01. The molecule has 0 aromatic heterocycles. The fraction of sp³-hybridized carbons (Fsp3) is 0.400. The van der Waals surface area contributed by atoms with E-state index in [1.54, 1.807) is 11.8 Å². The zero-order valence-corrected chi connectivity index (χ0v) is 18.9. The summed E-state index contributed by atoms with van der Waals surface area (Å²) in [5, 5.41) is 12.2. The second kappa shape index (κ2) is 8.98. The number of nitrogens with zero attached hydrogens (tertiary/aromatic N) is 1. The number of carbonyl (C=O) groups is 3. The van der Waals surface area contributed by atoms with Crippen LogP contribution in [0.5, 0.6) is 0 Å². The molecule has 3 atom stereocenters. The molecule has 2 fully saturated rings. The van der Waals surface area contributed by atoms with Crippen LogP contribution in [-0.4, -0.2) is 45.6 Å². The molecule has 7 heteroatoms. The summed E-state index contributed by atoms with van der Waals surface area (Å²) in [7, 11) is 0. The van der Waals surface area contributed by atoms with Crippen LogP contribution >= 0.6 is 11.8 Å². The molecule has 1 unspecified atom stereocenters. The van der Waals surface area contributed by atoms with E-state index >= 15 is 0 Å². The maximum Gasteiger partial charge on any atom is 0.319 e.